The van der Waals surface area contributed by atoms with Crippen LogP contribution in [0, 0.1) is 5.92 Å². The van der Waals surface area contributed by atoms with E-state index in [9.17, 15) is 0 Å². The fourth-order valence-electron chi connectivity index (χ4n) is 2.50. The monoisotopic (exact) mass is 323 g/mol. The molecule has 0 radical (unpaired) electrons. The molecule has 0 heterocycles. The summed E-state index contributed by atoms with van der Waals surface area (Å²) in [6.45, 7) is 12.1. The van der Waals surface area contributed by atoms with Crippen LogP contribution in [0.3, 0.4) is 0 Å². The van der Waals surface area contributed by atoms with Gasteiger partial charge in [-0.15, -0.1) is 0 Å². The van der Waals surface area contributed by atoms with E-state index < -0.39 is 0 Å². The van der Waals surface area contributed by atoms with Gasteiger partial charge in [-0.25, -0.2) is 0 Å². The van der Waals surface area contributed by atoms with Gasteiger partial charge in [-0.2, -0.15) is 0 Å². The maximum atomic E-state index is 6.14. The van der Waals surface area contributed by atoms with Crippen molar-refractivity contribution in [3.05, 3.63) is 17.7 Å². The highest BCUT2D eigenvalue weighted by atomic mass is 16.5. The lowest BCUT2D eigenvalue weighted by Crippen LogP contribution is -2.26. The van der Waals surface area contributed by atoms with Gasteiger partial charge in [0.2, 0.25) is 5.75 Å². The molecule has 0 aliphatic carbocycles. The molecule has 4 nitrogen and oxygen atoms in total. The van der Waals surface area contributed by atoms with Crippen LogP contribution in [-0.4, -0.2) is 25.9 Å². The normalized spacial score (nSPS) is 12.3. The molecule has 0 bridgehead atoms. The van der Waals surface area contributed by atoms with E-state index in [-0.39, 0.29) is 6.04 Å². The highest BCUT2D eigenvalue weighted by Gasteiger charge is 2.17. The molecule has 0 saturated heterocycles. The Morgan fingerprint density at radius 2 is 1.52 bits per heavy atom. The molecular weight excluding hydrogens is 290 g/mol. The highest BCUT2D eigenvalue weighted by molar-refractivity contribution is 5.56. The van der Waals surface area contributed by atoms with Gasteiger partial charge in [0.1, 0.15) is 0 Å². The molecule has 1 rings (SSSR count). The Bertz CT molecular complexity index is 460. The first kappa shape index (κ1) is 19.6. The summed E-state index contributed by atoms with van der Waals surface area (Å²) in [6.07, 6.45) is 2.99. The first-order valence-electron chi connectivity index (χ1n) is 8.84. The largest absolute Gasteiger partial charge is 0.490 e. The van der Waals surface area contributed by atoms with E-state index in [0.717, 1.165) is 42.1 Å². The minimum Gasteiger partial charge on any atom is -0.490 e. The fraction of sp³-hybridized carbons (Fsp3) is 0.684. The van der Waals surface area contributed by atoms with Crippen molar-refractivity contribution in [3.8, 4) is 17.2 Å². The number of aryl methyl sites for hydroxylation is 1. The molecule has 1 unspecified atom stereocenters. The second-order valence-corrected chi connectivity index (χ2v) is 5.98. The Morgan fingerprint density at radius 3 is 2.09 bits per heavy atom. The van der Waals surface area contributed by atoms with Crippen molar-refractivity contribution in [2.75, 3.05) is 19.8 Å². The molecule has 0 fully saturated rings. The number of nitrogens with two attached hydrogens (primary N) is 1. The molecule has 0 aromatic heterocycles. The van der Waals surface area contributed by atoms with Crippen LogP contribution in [0.25, 0.3) is 0 Å². The van der Waals surface area contributed by atoms with Gasteiger partial charge in [-0.1, -0.05) is 19.9 Å². The second-order valence-electron chi connectivity index (χ2n) is 5.98. The van der Waals surface area contributed by atoms with E-state index in [2.05, 4.69) is 19.9 Å². The van der Waals surface area contributed by atoms with Crippen LogP contribution in [0.15, 0.2) is 12.1 Å². The van der Waals surface area contributed by atoms with Gasteiger partial charge in [-0.05, 0) is 57.6 Å². The van der Waals surface area contributed by atoms with E-state index in [1.54, 1.807) is 0 Å². The molecule has 4 heteroatoms. The van der Waals surface area contributed by atoms with Gasteiger partial charge in [0, 0.05) is 6.04 Å². The lowest BCUT2D eigenvalue weighted by Gasteiger charge is -2.19. The molecule has 2 N–H and O–H groups in total. The zero-order valence-electron chi connectivity index (χ0n) is 15.4. The van der Waals surface area contributed by atoms with Crippen LogP contribution >= 0.6 is 0 Å². The quantitative estimate of drug-likeness (QED) is 0.663. The molecule has 0 spiro atoms. The Hall–Kier alpha value is -1.42. The smallest absolute Gasteiger partial charge is 0.203 e. The van der Waals surface area contributed by atoms with Crippen molar-refractivity contribution >= 4 is 0 Å². The third kappa shape index (κ3) is 5.94. The standard InChI is InChI=1S/C19H33NO3/c1-6-21-17-13-12-15(10-9-11-16(20)14(4)5)18(22-7-2)19(17)23-8-3/h12-14,16H,6-11,20H2,1-5H3. The fourth-order valence-corrected chi connectivity index (χ4v) is 2.50. The van der Waals surface area contributed by atoms with Gasteiger partial charge >= 0.3 is 0 Å². The van der Waals surface area contributed by atoms with Crippen LogP contribution < -0.4 is 19.9 Å². The summed E-state index contributed by atoms with van der Waals surface area (Å²) >= 11 is 0. The van der Waals surface area contributed by atoms with Gasteiger partial charge < -0.3 is 19.9 Å². The summed E-state index contributed by atoms with van der Waals surface area (Å²) in [5, 5.41) is 0. The van der Waals surface area contributed by atoms with Crippen LogP contribution in [0.2, 0.25) is 0 Å². The van der Waals surface area contributed by atoms with Crippen molar-refractivity contribution in [2.45, 2.75) is 59.9 Å². The summed E-state index contributed by atoms with van der Waals surface area (Å²) in [5.41, 5.74) is 7.30. The molecule has 1 atom stereocenters. The SMILES string of the molecule is CCOc1ccc(CCCC(N)C(C)C)c(OCC)c1OCC. The van der Waals surface area contributed by atoms with Gasteiger partial charge in [0.25, 0.3) is 0 Å². The highest BCUT2D eigenvalue weighted by Crippen LogP contribution is 2.41. The molecule has 132 valence electrons. The van der Waals surface area contributed by atoms with E-state index >= 15 is 0 Å². The molecular formula is C19H33NO3. The average Bonchev–Trinajstić information content (AvgIpc) is 2.52. The second kappa shape index (κ2) is 10.4. The minimum atomic E-state index is 0.250. The van der Waals surface area contributed by atoms with E-state index in [0.29, 0.717) is 25.7 Å². The van der Waals surface area contributed by atoms with Crippen LogP contribution in [-0.2, 0) is 6.42 Å². The summed E-state index contributed by atoms with van der Waals surface area (Å²) in [5.74, 6) is 2.81. The Labute approximate surface area is 141 Å². The molecule has 0 aliphatic heterocycles. The maximum absolute atomic E-state index is 6.14. The average molecular weight is 323 g/mol. The van der Waals surface area contributed by atoms with Gasteiger partial charge in [0.15, 0.2) is 11.5 Å². The zero-order valence-corrected chi connectivity index (χ0v) is 15.4. The molecule has 1 aromatic rings. The predicted molar refractivity (Wildman–Crippen MR) is 95.7 cm³/mol. The van der Waals surface area contributed by atoms with Crippen molar-refractivity contribution < 1.29 is 14.2 Å². The van der Waals surface area contributed by atoms with Crippen LogP contribution in [0.4, 0.5) is 0 Å². The molecule has 23 heavy (non-hydrogen) atoms. The van der Waals surface area contributed by atoms with E-state index in [1.807, 2.05) is 26.8 Å². The Kier molecular flexibility index (Phi) is 8.85. The topological polar surface area (TPSA) is 53.7 Å². The van der Waals surface area contributed by atoms with Crippen molar-refractivity contribution in [1.29, 1.82) is 0 Å². The third-order valence-electron chi connectivity index (χ3n) is 3.87. The van der Waals surface area contributed by atoms with Gasteiger partial charge in [0.05, 0.1) is 19.8 Å². The van der Waals surface area contributed by atoms with Crippen LogP contribution in [0.5, 0.6) is 17.2 Å². The first-order valence-corrected chi connectivity index (χ1v) is 8.84. The lowest BCUT2D eigenvalue weighted by molar-refractivity contribution is 0.259. The number of hydrogen-bond acceptors (Lipinski definition) is 4. The summed E-state index contributed by atoms with van der Waals surface area (Å²) in [7, 11) is 0. The van der Waals surface area contributed by atoms with Crippen molar-refractivity contribution in [3.63, 3.8) is 0 Å². The van der Waals surface area contributed by atoms with Crippen LogP contribution in [0.1, 0.15) is 53.0 Å². The maximum Gasteiger partial charge on any atom is 0.203 e. The molecule has 0 saturated carbocycles. The number of benzene rings is 1. The third-order valence-corrected chi connectivity index (χ3v) is 3.87. The lowest BCUT2D eigenvalue weighted by atomic mass is 9.97. The predicted octanol–water partition coefficient (Wildman–Crippen LogP) is 4.19. The van der Waals surface area contributed by atoms with E-state index in [4.69, 9.17) is 19.9 Å². The summed E-state index contributed by atoms with van der Waals surface area (Å²) < 4.78 is 17.4. The number of rotatable bonds is 11. The summed E-state index contributed by atoms with van der Waals surface area (Å²) in [6, 6.07) is 4.31. The zero-order chi connectivity index (χ0) is 17.2. The Balaban J connectivity index is 2.94. The molecule has 0 amide bonds. The van der Waals surface area contributed by atoms with E-state index in [1.165, 1.54) is 0 Å². The van der Waals surface area contributed by atoms with Crippen molar-refractivity contribution in [2.24, 2.45) is 11.7 Å². The first-order chi connectivity index (χ1) is 11.0. The summed E-state index contributed by atoms with van der Waals surface area (Å²) in [4.78, 5) is 0. The number of hydrogen-bond donors (Lipinski definition) is 1. The Morgan fingerprint density at radius 1 is 0.913 bits per heavy atom. The molecule has 1 aromatic carbocycles. The minimum absolute atomic E-state index is 0.250. The number of ether oxygens (including phenoxy) is 3. The van der Waals surface area contributed by atoms with Crippen molar-refractivity contribution in [1.82, 2.24) is 0 Å². The van der Waals surface area contributed by atoms with Gasteiger partial charge in [-0.3, -0.25) is 0 Å². The molecule has 0 aliphatic rings.